The van der Waals surface area contributed by atoms with Gasteiger partial charge in [-0.1, -0.05) is 47.7 Å². The Labute approximate surface area is 209 Å². The van der Waals surface area contributed by atoms with Gasteiger partial charge in [-0.15, -0.1) is 21.5 Å². The minimum absolute atomic E-state index is 0.108. The van der Waals surface area contributed by atoms with Crippen LogP contribution in [0.3, 0.4) is 0 Å². The highest BCUT2D eigenvalue weighted by molar-refractivity contribution is 7.98. The van der Waals surface area contributed by atoms with Gasteiger partial charge in [0.25, 0.3) is 5.56 Å². The van der Waals surface area contributed by atoms with Gasteiger partial charge in [0.15, 0.2) is 5.16 Å². The van der Waals surface area contributed by atoms with Crippen molar-refractivity contribution in [3.63, 3.8) is 0 Å². The summed E-state index contributed by atoms with van der Waals surface area (Å²) in [7, 11) is 0. The first-order chi connectivity index (χ1) is 17.1. The second-order valence-corrected chi connectivity index (χ2v) is 10.0. The Morgan fingerprint density at radius 3 is 2.69 bits per heavy atom. The van der Waals surface area contributed by atoms with Gasteiger partial charge in [0.05, 0.1) is 28.0 Å². The van der Waals surface area contributed by atoms with Crippen LogP contribution in [0.4, 0.5) is 0 Å². The summed E-state index contributed by atoms with van der Waals surface area (Å²) >= 11 is 3.12. The number of fused-ring (bicyclic) bond motifs is 3. The SMILES string of the molecule is Cc1ccc(-n2c(=O)c3ccccc3n3c(SCc4csc(-c5ccccn5)n4)nnc23)c(C)c1. The molecule has 7 nitrogen and oxygen atoms in total. The normalized spacial score (nSPS) is 11.5. The van der Waals surface area contributed by atoms with E-state index in [0.717, 1.165) is 38.7 Å². The third-order valence-electron chi connectivity index (χ3n) is 5.77. The molecular formula is C26H20N6OS2. The maximum atomic E-state index is 13.6. The zero-order chi connectivity index (χ0) is 23.9. The van der Waals surface area contributed by atoms with Crippen LogP contribution in [0, 0.1) is 13.8 Å². The van der Waals surface area contributed by atoms with Gasteiger partial charge >= 0.3 is 0 Å². The highest BCUT2D eigenvalue weighted by atomic mass is 32.2. The predicted octanol–water partition coefficient (Wildman–Crippen LogP) is 5.46. The van der Waals surface area contributed by atoms with Gasteiger partial charge in [-0.3, -0.25) is 14.2 Å². The van der Waals surface area contributed by atoms with E-state index in [4.69, 9.17) is 4.98 Å². The summed E-state index contributed by atoms with van der Waals surface area (Å²) in [6.07, 6.45) is 1.77. The highest BCUT2D eigenvalue weighted by Crippen LogP contribution is 2.28. The fraction of sp³-hybridized carbons (Fsp3) is 0.115. The molecule has 0 aliphatic heterocycles. The van der Waals surface area contributed by atoms with Crippen molar-refractivity contribution in [2.45, 2.75) is 24.8 Å². The lowest BCUT2D eigenvalue weighted by Gasteiger charge is -2.13. The van der Waals surface area contributed by atoms with Crippen molar-refractivity contribution in [1.29, 1.82) is 0 Å². The zero-order valence-corrected chi connectivity index (χ0v) is 20.7. The summed E-state index contributed by atoms with van der Waals surface area (Å²) in [4.78, 5) is 22.7. The quantitative estimate of drug-likeness (QED) is 0.295. The largest absolute Gasteiger partial charge is 0.268 e. The molecule has 0 radical (unpaired) electrons. The molecule has 0 saturated carbocycles. The van der Waals surface area contributed by atoms with Gasteiger partial charge in [0, 0.05) is 17.3 Å². The predicted molar refractivity (Wildman–Crippen MR) is 140 cm³/mol. The first-order valence-electron chi connectivity index (χ1n) is 11.1. The third-order valence-corrected chi connectivity index (χ3v) is 7.65. The molecule has 0 N–H and O–H groups in total. The van der Waals surface area contributed by atoms with Crippen LogP contribution in [-0.4, -0.2) is 29.1 Å². The first kappa shape index (κ1) is 21.7. The Hall–Kier alpha value is -3.82. The molecule has 0 unspecified atom stereocenters. The van der Waals surface area contributed by atoms with E-state index in [0.29, 0.717) is 22.1 Å². The van der Waals surface area contributed by atoms with Crippen molar-refractivity contribution in [3.8, 4) is 16.4 Å². The third kappa shape index (κ3) is 3.82. The standard InChI is InChI=1S/C26H20N6OS2/c1-16-10-11-21(17(2)13-16)31-24(33)19-7-3-4-9-22(19)32-25(31)29-30-26(32)35-15-18-14-34-23(28-18)20-8-5-6-12-27-20/h3-14H,15H2,1-2H3. The van der Waals surface area contributed by atoms with Crippen molar-refractivity contribution in [2.24, 2.45) is 0 Å². The first-order valence-corrected chi connectivity index (χ1v) is 12.9. The van der Waals surface area contributed by atoms with Crippen LogP contribution in [0.5, 0.6) is 0 Å². The highest BCUT2D eigenvalue weighted by Gasteiger charge is 2.19. The number of hydrogen-bond acceptors (Lipinski definition) is 7. The summed E-state index contributed by atoms with van der Waals surface area (Å²) in [5.41, 5.74) is 5.44. The molecular weight excluding hydrogens is 476 g/mol. The molecule has 35 heavy (non-hydrogen) atoms. The molecule has 172 valence electrons. The minimum Gasteiger partial charge on any atom is -0.268 e. The minimum atomic E-state index is -0.108. The molecule has 0 atom stereocenters. The lowest BCUT2D eigenvalue weighted by atomic mass is 10.1. The van der Waals surface area contributed by atoms with E-state index in [9.17, 15) is 4.79 Å². The molecule has 0 aliphatic rings. The Morgan fingerprint density at radius 2 is 1.86 bits per heavy atom. The van der Waals surface area contributed by atoms with E-state index in [2.05, 4.69) is 21.2 Å². The number of thioether (sulfide) groups is 1. The number of pyridine rings is 1. The number of para-hydroxylation sites is 1. The van der Waals surface area contributed by atoms with Crippen LogP contribution in [-0.2, 0) is 5.75 Å². The summed E-state index contributed by atoms with van der Waals surface area (Å²) in [6.45, 7) is 4.05. The summed E-state index contributed by atoms with van der Waals surface area (Å²) in [6, 6.07) is 19.5. The molecule has 2 aromatic carbocycles. The molecule has 0 amide bonds. The van der Waals surface area contributed by atoms with Gasteiger partial charge in [-0.25, -0.2) is 9.55 Å². The van der Waals surface area contributed by atoms with E-state index in [-0.39, 0.29) is 5.56 Å². The van der Waals surface area contributed by atoms with Gasteiger partial charge in [-0.2, -0.15) is 0 Å². The van der Waals surface area contributed by atoms with Crippen LogP contribution < -0.4 is 5.56 Å². The van der Waals surface area contributed by atoms with Crippen molar-refractivity contribution in [2.75, 3.05) is 0 Å². The Morgan fingerprint density at radius 1 is 1.00 bits per heavy atom. The molecule has 0 spiro atoms. The lowest BCUT2D eigenvalue weighted by Crippen LogP contribution is -2.22. The Balaban J connectivity index is 1.45. The fourth-order valence-corrected chi connectivity index (χ4v) is 5.90. The van der Waals surface area contributed by atoms with Gasteiger partial charge in [-0.05, 0) is 49.7 Å². The Kier molecular flexibility index (Phi) is 5.43. The molecule has 0 bridgehead atoms. The molecule has 4 heterocycles. The molecule has 4 aromatic heterocycles. The monoisotopic (exact) mass is 496 g/mol. The number of rotatable bonds is 5. The molecule has 9 heteroatoms. The molecule has 6 aromatic rings. The van der Waals surface area contributed by atoms with Gasteiger partial charge < -0.3 is 0 Å². The topological polar surface area (TPSA) is 78.0 Å². The van der Waals surface area contributed by atoms with Crippen LogP contribution in [0.2, 0.25) is 0 Å². The van der Waals surface area contributed by atoms with Crippen LogP contribution in [0.15, 0.2) is 82.2 Å². The van der Waals surface area contributed by atoms with Crippen molar-refractivity contribution >= 4 is 39.8 Å². The van der Waals surface area contributed by atoms with E-state index < -0.39 is 0 Å². The molecule has 0 aliphatic carbocycles. The van der Waals surface area contributed by atoms with Crippen molar-refractivity contribution in [1.82, 2.24) is 29.1 Å². The van der Waals surface area contributed by atoms with Crippen molar-refractivity contribution < 1.29 is 0 Å². The van der Waals surface area contributed by atoms with Gasteiger partial charge in [0.2, 0.25) is 5.78 Å². The second kappa shape index (κ2) is 8.75. The molecule has 6 rings (SSSR count). The number of aryl methyl sites for hydroxylation is 2. The van der Waals surface area contributed by atoms with Crippen molar-refractivity contribution in [3.05, 3.63) is 99.4 Å². The number of hydrogen-bond donors (Lipinski definition) is 0. The number of aromatic nitrogens is 6. The smallest absolute Gasteiger partial charge is 0.267 e. The van der Waals surface area contributed by atoms with E-state index in [1.54, 1.807) is 33.9 Å². The summed E-state index contributed by atoms with van der Waals surface area (Å²) in [5, 5.41) is 13.2. The number of benzene rings is 2. The van der Waals surface area contributed by atoms with Crippen LogP contribution in [0.25, 0.3) is 33.1 Å². The number of nitrogens with zero attached hydrogens (tertiary/aromatic N) is 6. The summed E-state index contributed by atoms with van der Waals surface area (Å²) < 4.78 is 3.63. The number of thiazole rings is 1. The Bertz CT molecular complexity index is 1750. The molecule has 0 fully saturated rings. The lowest BCUT2D eigenvalue weighted by molar-refractivity contribution is 0.927. The van der Waals surface area contributed by atoms with E-state index >= 15 is 0 Å². The molecule has 0 saturated heterocycles. The van der Waals surface area contributed by atoms with E-state index in [1.165, 1.54) is 0 Å². The second-order valence-electron chi connectivity index (χ2n) is 8.21. The van der Waals surface area contributed by atoms with Gasteiger partial charge in [0.1, 0.15) is 5.01 Å². The fourth-order valence-electron chi connectivity index (χ4n) is 4.16. The maximum Gasteiger partial charge on any atom is 0.267 e. The van der Waals surface area contributed by atoms with Crippen LogP contribution in [0.1, 0.15) is 16.8 Å². The zero-order valence-electron chi connectivity index (χ0n) is 19.0. The maximum absolute atomic E-state index is 13.6. The average Bonchev–Trinajstić information content (AvgIpc) is 3.52. The van der Waals surface area contributed by atoms with E-state index in [1.807, 2.05) is 78.2 Å². The summed E-state index contributed by atoms with van der Waals surface area (Å²) in [5.74, 6) is 1.12. The average molecular weight is 497 g/mol. The van der Waals surface area contributed by atoms with Crippen LogP contribution >= 0.6 is 23.1 Å².